The van der Waals surface area contributed by atoms with Gasteiger partial charge in [-0.3, -0.25) is 14.5 Å². The number of benzene rings is 1. The van der Waals surface area contributed by atoms with Gasteiger partial charge in [-0.2, -0.15) is 0 Å². The van der Waals surface area contributed by atoms with Crippen molar-refractivity contribution >= 4 is 11.8 Å². The molecule has 0 saturated carbocycles. The van der Waals surface area contributed by atoms with Gasteiger partial charge in [-0.15, -0.1) is 0 Å². The van der Waals surface area contributed by atoms with Crippen LogP contribution in [-0.4, -0.2) is 36.4 Å². The Hall–Kier alpha value is -1.88. The van der Waals surface area contributed by atoms with E-state index in [2.05, 4.69) is 5.32 Å². The topological polar surface area (TPSA) is 58.6 Å². The molecule has 5 heteroatoms. The number of hydrogen-bond donors (Lipinski definition) is 1. The number of likely N-dealkylation sites (N-methyl/N-ethyl adjacent to an activating group) is 1. The highest BCUT2D eigenvalue weighted by Gasteiger charge is 2.37. The lowest BCUT2D eigenvalue weighted by molar-refractivity contribution is -0.138. The molecule has 1 N–H and O–H groups in total. The van der Waals surface area contributed by atoms with Crippen molar-refractivity contribution in [2.24, 2.45) is 0 Å². The molecule has 1 unspecified atom stereocenters. The molecule has 5 nitrogen and oxygen atoms in total. The van der Waals surface area contributed by atoms with Crippen molar-refractivity contribution in [3.05, 3.63) is 29.8 Å². The highest BCUT2D eigenvalue weighted by molar-refractivity contribution is 6.05. The van der Waals surface area contributed by atoms with Gasteiger partial charge in [0, 0.05) is 18.7 Å². The summed E-state index contributed by atoms with van der Waals surface area (Å²) < 4.78 is 5.25. The lowest BCUT2D eigenvalue weighted by atomic mass is 10.1. The van der Waals surface area contributed by atoms with E-state index in [1.165, 1.54) is 4.90 Å². The van der Waals surface area contributed by atoms with Crippen molar-refractivity contribution in [1.82, 2.24) is 10.2 Å². The summed E-state index contributed by atoms with van der Waals surface area (Å²) in [5, 5.41) is 3.13. The van der Waals surface area contributed by atoms with Crippen LogP contribution in [0.5, 0.6) is 5.75 Å². The van der Waals surface area contributed by atoms with Crippen LogP contribution in [0.3, 0.4) is 0 Å². The first kappa shape index (κ1) is 13.5. The van der Waals surface area contributed by atoms with Crippen molar-refractivity contribution in [2.45, 2.75) is 25.9 Å². The molecule has 0 bridgehead atoms. The molecule has 0 aromatic heterocycles. The quantitative estimate of drug-likeness (QED) is 0.802. The van der Waals surface area contributed by atoms with Crippen LogP contribution in [0.25, 0.3) is 0 Å². The van der Waals surface area contributed by atoms with Gasteiger partial charge in [-0.1, -0.05) is 18.2 Å². The number of amides is 2. The number of rotatable bonds is 5. The fraction of sp³-hybridized carbons (Fsp3) is 0.429. The Morgan fingerprint density at radius 3 is 2.74 bits per heavy atom. The molecule has 102 valence electrons. The highest BCUT2D eigenvalue weighted by Crippen LogP contribution is 2.18. The molecule has 0 aliphatic carbocycles. The summed E-state index contributed by atoms with van der Waals surface area (Å²) in [5.74, 6) is 0.534. The molecule has 2 amide bonds. The van der Waals surface area contributed by atoms with Gasteiger partial charge in [-0.05, 0) is 13.0 Å². The SMILES string of the molecule is CCN1C(=O)CC(NCc2ccccc2OC)C1=O. The summed E-state index contributed by atoms with van der Waals surface area (Å²) in [5.41, 5.74) is 0.972. The Morgan fingerprint density at radius 2 is 2.11 bits per heavy atom. The van der Waals surface area contributed by atoms with Crippen LogP contribution < -0.4 is 10.1 Å². The molecule has 1 saturated heterocycles. The molecule has 1 aromatic carbocycles. The number of nitrogens with zero attached hydrogens (tertiary/aromatic N) is 1. The minimum absolute atomic E-state index is 0.106. The second kappa shape index (κ2) is 5.84. The van der Waals surface area contributed by atoms with Gasteiger partial charge < -0.3 is 10.1 Å². The number of ether oxygens (including phenoxy) is 1. The molecule has 1 aliphatic heterocycles. The zero-order valence-electron chi connectivity index (χ0n) is 11.2. The fourth-order valence-electron chi connectivity index (χ4n) is 2.26. The van der Waals surface area contributed by atoms with E-state index in [4.69, 9.17) is 4.74 Å². The van der Waals surface area contributed by atoms with Crippen LogP contribution >= 0.6 is 0 Å². The maximum Gasteiger partial charge on any atom is 0.246 e. The molecule has 1 aliphatic rings. The third-order valence-electron chi connectivity index (χ3n) is 3.29. The summed E-state index contributed by atoms with van der Waals surface area (Å²) in [6.07, 6.45) is 0.238. The van der Waals surface area contributed by atoms with Crippen molar-refractivity contribution in [3.8, 4) is 5.75 Å². The van der Waals surface area contributed by atoms with Gasteiger partial charge >= 0.3 is 0 Å². The average molecular weight is 262 g/mol. The van der Waals surface area contributed by atoms with Gasteiger partial charge in [0.25, 0.3) is 0 Å². The number of carbonyl (C=O) groups excluding carboxylic acids is 2. The van der Waals surface area contributed by atoms with E-state index >= 15 is 0 Å². The van der Waals surface area contributed by atoms with E-state index < -0.39 is 6.04 Å². The molecule has 1 aromatic rings. The average Bonchev–Trinajstić information content (AvgIpc) is 2.71. The fourth-order valence-corrected chi connectivity index (χ4v) is 2.26. The molecule has 0 spiro atoms. The second-order valence-electron chi connectivity index (χ2n) is 4.43. The standard InChI is InChI=1S/C14H18N2O3/c1-3-16-13(17)8-11(14(16)18)15-9-10-6-4-5-7-12(10)19-2/h4-7,11,15H,3,8-9H2,1-2H3. The first-order valence-corrected chi connectivity index (χ1v) is 6.36. The molecule has 2 rings (SSSR count). The van der Waals surface area contributed by atoms with E-state index in [0.29, 0.717) is 13.1 Å². The molecule has 1 atom stereocenters. The Labute approximate surface area is 112 Å². The monoisotopic (exact) mass is 262 g/mol. The van der Waals surface area contributed by atoms with Crippen LogP contribution in [0, 0.1) is 0 Å². The Kier molecular flexibility index (Phi) is 4.16. The van der Waals surface area contributed by atoms with E-state index in [9.17, 15) is 9.59 Å². The normalized spacial score (nSPS) is 19.1. The molecule has 0 radical (unpaired) electrons. The maximum absolute atomic E-state index is 11.9. The summed E-state index contributed by atoms with van der Waals surface area (Å²) in [7, 11) is 1.61. The molecular weight excluding hydrogens is 244 g/mol. The van der Waals surface area contributed by atoms with E-state index in [0.717, 1.165) is 11.3 Å². The summed E-state index contributed by atoms with van der Waals surface area (Å²) in [6.45, 7) is 2.74. The predicted octanol–water partition coefficient (Wildman–Crippen LogP) is 0.932. The van der Waals surface area contributed by atoms with Crippen molar-refractivity contribution in [2.75, 3.05) is 13.7 Å². The lowest BCUT2D eigenvalue weighted by Crippen LogP contribution is -2.38. The van der Waals surface area contributed by atoms with Crippen molar-refractivity contribution in [3.63, 3.8) is 0 Å². The zero-order chi connectivity index (χ0) is 13.8. The number of likely N-dealkylation sites (tertiary alicyclic amines) is 1. The summed E-state index contributed by atoms with van der Waals surface area (Å²) >= 11 is 0. The third kappa shape index (κ3) is 2.76. The van der Waals surface area contributed by atoms with Crippen LogP contribution in [0.4, 0.5) is 0 Å². The first-order chi connectivity index (χ1) is 9.17. The number of nitrogens with one attached hydrogen (secondary N) is 1. The number of methoxy groups -OCH3 is 1. The minimum atomic E-state index is -0.419. The summed E-state index contributed by atoms with van der Waals surface area (Å²) in [6, 6.07) is 7.20. The van der Waals surface area contributed by atoms with E-state index in [-0.39, 0.29) is 18.2 Å². The molecule has 1 fully saturated rings. The van der Waals surface area contributed by atoms with Crippen LogP contribution in [0.1, 0.15) is 18.9 Å². The number of para-hydroxylation sites is 1. The number of carbonyl (C=O) groups is 2. The Balaban J connectivity index is 2.00. The van der Waals surface area contributed by atoms with Gasteiger partial charge in [0.2, 0.25) is 11.8 Å². The largest absolute Gasteiger partial charge is 0.496 e. The van der Waals surface area contributed by atoms with Crippen LogP contribution in [-0.2, 0) is 16.1 Å². The van der Waals surface area contributed by atoms with Crippen LogP contribution in [0.15, 0.2) is 24.3 Å². The number of imide groups is 1. The smallest absolute Gasteiger partial charge is 0.246 e. The Bertz CT molecular complexity index is 487. The first-order valence-electron chi connectivity index (χ1n) is 6.36. The van der Waals surface area contributed by atoms with Crippen LogP contribution in [0.2, 0.25) is 0 Å². The van der Waals surface area contributed by atoms with E-state index in [1.807, 2.05) is 24.3 Å². The molecule has 19 heavy (non-hydrogen) atoms. The zero-order valence-corrected chi connectivity index (χ0v) is 11.2. The number of hydrogen-bond acceptors (Lipinski definition) is 4. The highest BCUT2D eigenvalue weighted by atomic mass is 16.5. The maximum atomic E-state index is 11.9. The van der Waals surface area contributed by atoms with Gasteiger partial charge in [0.1, 0.15) is 5.75 Å². The minimum Gasteiger partial charge on any atom is -0.496 e. The van der Waals surface area contributed by atoms with Gasteiger partial charge in [0.05, 0.1) is 19.6 Å². The molecular formula is C14H18N2O3. The van der Waals surface area contributed by atoms with Gasteiger partial charge in [-0.25, -0.2) is 0 Å². The molecule has 1 heterocycles. The van der Waals surface area contributed by atoms with Crippen molar-refractivity contribution < 1.29 is 14.3 Å². The third-order valence-corrected chi connectivity index (χ3v) is 3.29. The van der Waals surface area contributed by atoms with Gasteiger partial charge in [0.15, 0.2) is 0 Å². The van der Waals surface area contributed by atoms with E-state index in [1.54, 1.807) is 14.0 Å². The lowest BCUT2D eigenvalue weighted by Gasteiger charge is -2.14. The predicted molar refractivity (Wildman–Crippen MR) is 70.6 cm³/mol. The van der Waals surface area contributed by atoms with Crippen molar-refractivity contribution in [1.29, 1.82) is 0 Å². The second-order valence-corrected chi connectivity index (χ2v) is 4.43. The Morgan fingerprint density at radius 1 is 1.37 bits per heavy atom. The summed E-state index contributed by atoms with van der Waals surface area (Å²) in [4.78, 5) is 24.8.